The number of hydrogen-bond acceptors (Lipinski definition) is 2. The molecule has 2 nitrogen and oxygen atoms in total. The molecule has 11 aromatic carbocycles. The molecule has 0 saturated carbocycles. The first-order chi connectivity index (χ1) is 38.9. The Labute approximate surface area is 473 Å². The zero-order chi connectivity index (χ0) is 54.5. The minimum Gasteiger partial charge on any atom is -0.310 e. The third kappa shape index (κ3) is 9.37. The number of anilines is 6. The first-order valence-corrected chi connectivity index (χ1v) is 28.0. The molecule has 0 atom stereocenters. The molecule has 0 saturated heterocycles. The molecule has 0 spiro atoms. The van der Waals surface area contributed by atoms with Crippen LogP contribution in [0.25, 0.3) is 68.8 Å². The van der Waals surface area contributed by atoms with Crippen molar-refractivity contribution >= 4 is 58.4 Å². The van der Waals surface area contributed by atoms with E-state index in [9.17, 15) is 0 Å². The van der Waals surface area contributed by atoms with E-state index in [1.54, 1.807) is 0 Å². The second kappa shape index (κ2) is 20.4. The van der Waals surface area contributed by atoms with E-state index in [-0.39, 0.29) is 10.8 Å². The quantitative estimate of drug-likeness (QED) is 0.113. The Kier molecular flexibility index (Phi) is 12.7. The van der Waals surface area contributed by atoms with Crippen LogP contribution in [0.2, 0.25) is 0 Å². The first-order valence-electron chi connectivity index (χ1n) is 28.0. The second-order valence-corrected chi connectivity index (χ2v) is 22.8. The van der Waals surface area contributed by atoms with Crippen molar-refractivity contribution in [3.8, 4) is 44.5 Å². The molecule has 80 heavy (non-hydrogen) atoms. The summed E-state index contributed by atoms with van der Waals surface area (Å²) in [6, 6.07) is 93.7. The van der Waals surface area contributed by atoms with Crippen molar-refractivity contribution in [2.45, 2.75) is 52.4 Å². The molecule has 0 radical (unpaired) electrons. The molecule has 0 bridgehead atoms. The van der Waals surface area contributed by atoms with Gasteiger partial charge in [0, 0.05) is 45.0 Å². The van der Waals surface area contributed by atoms with Gasteiger partial charge in [-0.15, -0.1) is 0 Å². The summed E-state index contributed by atoms with van der Waals surface area (Å²) in [5, 5.41) is 0. The molecule has 0 N–H and O–H groups in total. The Balaban J connectivity index is 0.720. The van der Waals surface area contributed by atoms with E-state index in [0.717, 1.165) is 34.1 Å². The van der Waals surface area contributed by atoms with Crippen molar-refractivity contribution in [1.82, 2.24) is 0 Å². The summed E-state index contributed by atoms with van der Waals surface area (Å²) in [7, 11) is 0. The maximum absolute atomic E-state index is 2.42. The SMILES string of the molecule is Cc1cccc(N(c2cccc(-c3ccccc3)c2)c2ccc3c(c2)C(C)(C)c2cc(/C=C/c4ccc(/C=C/c5ccc6c(c5)C(C)(C)c5cc(N(c7cccc(C)c7)c7cccc(-c8ccccc8)c7)ccc5-6)cc4)ccc2-3)c1. The summed E-state index contributed by atoms with van der Waals surface area (Å²) in [4.78, 5) is 4.81. The van der Waals surface area contributed by atoms with Gasteiger partial charge in [-0.1, -0.05) is 234 Å². The van der Waals surface area contributed by atoms with Crippen LogP contribution in [-0.4, -0.2) is 0 Å². The number of benzene rings is 11. The van der Waals surface area contributed by atoms with E-state index in [1.165, 1.54) is 100 Å². The van der Waals surface area contributed by atoms with Gasteiger partial charge in [0.05, 0.1) is 0 Å². The summed E-state index contributed by atoms with van der Waals surface area (Å²) in [5.74, 6) is 0. The largest absolute Gasteiger partial charge is 0.310 e. The molecule has 0 heterocycles. The number of rotatable bonds is 12. The number of hydrogen-bond donors (Lipinski definition) is 0. The highest BCUT2D eigenvalue weighted by Gasteiger charge is 2.38. The van der Waals surface area contributed by atoms with E-state index in [2.05, 4.69) is 330 Å². The Bertz CT molecular complexity index is 3920. The third-order valence-electron chi connectivity index (χ3n) is 16.7. The highest BCUT2D eigenvalue weighted by molar-refractivity contribution is 5.90. The van der Waals surface area contributed by atoms with Crippen LogP contribution < -0.4 is 9.80 Å². The van der Waals surface area contributed by atoms with Gasteiger partial charge in [0.25, 0.3) is 0 Å². The molecule has 0 aromatic heterocycles. The topological polar surface area (TPSA) is 6.48 Å². The Hall–Kier alpha value is -9.50. The Morgan fingerprint density at radius 1 is 0.250 bits per heavy atom. The minimum absolute atomic E-state index is 0.189. The zero-order valence-electron chi connectivity index (χ0n) is 46.5. The molecular formula is C78H64N2. The van der Waals surface area contributed by atoms with Crippen molar-refractivity contribution in [2.75, 3.05) is 9.80 Å². The summed E-state index contributed by atoms with van der Waals surface area (Å²) in [6.45, 7) is 13.8. The van der Waals surface area contributed by atoms with Gasteiger partial charge >= 0.3 is 0 Å². The van der Waals surface area contributed by atoms with Crippen LogP contribution >= 0.6 is 0 Å². The molecule has 2 aliphatic rings. The van der Waals surface area contributed by atoms with Crippen LogP contribution in [0.15, 0.2) is 255 Å². The predicted octanol–water partition coefficient (Wildman–Crippen LogP) is 21.5. The lowest BCUT2D eigenvalue weighted by Gasteiger charge is -2.28. The van der Waals surface area contributed by atoms with Crippen LogP contribution in [0.5, 0.6) is 0 Å². The summed E-state index contributed by atoms with van der Waals surface area (Å²) < 4.78 is 0. The second-order valence-electron chi connectivity index (χ2n) is 22.8. The average Bonchev–Trinajstić information content (AvgIpc) is 3.72. The molecule has 11 aromatic rings. The number of nitrogens with zero attached hydrogens (tertiary/aromatic N) is 2. The minimum atomic E-state index is -0.189. The summed E-state index contributed by atoms with van der Waals surface area (Å²) >= 11 is 0. The van der Waals surface area contributed by atoms with E-state index in [4.69, 9.17) is 0 Å². The fourth-order valence-electron chi connectivity index (χ4n) is 12.4. The fourth-order valence-corrected chi connectivity index (χ4v) is 12.4. The van der Waals surface area contributed by atoms with Gasteiger partial charge in [-0.05, 0) is 187 Å². The summed E-state index contributed by atoms with van der Waals surface area (Å²) in [6.07, 6.45) is 8.98. The fraction of sp³-hybridized carbons (Fsp3) is 0.103. The molecule has 0 amide bonds. The molecule has 13 rings (SSSR count). The number of fused-ring (bicyclic) bond motifs is 6. The van der Waals surface area contributed by atoms with Crippen molar-refractivity contribution in [3.63, 3.8) is 0 Å². The third-order valence-corrected chi connectivity index (χ3v) is 16.7. The van der Waals surface area contributed by atoms with Crippen molar-refractivity contribution in [1.29, 1.82) is 0 Å². The van der Waals surface area contributed by atoms with Gasteiger partial charge in [-0.2, -0.15) is 0 Å². The van der Waals surface area contributed by atoms with E-state index >= 15 is 0 Å². The highest BCUT2D eigenvalue weighted by atomic mass is 15.1. The Morgan fingerprint density at radius 3 is 0.938 bits per heavy atom. The van der Waals surface area contributed by atoms with Crippen LogP contribution in [0.3, 0.4) is 0 Å². The van der Waals surface area contributed by atoms with Crippen molar-refractivity contribution < 1.29 is 0 Å². The van der Waals surface area contributed by atoms with Gasteiger partial charge in [-0.3, -0.25) is 0 Å². The summed E-state index contributed by atoms with van der Waals surface area (Å²) in [5.41, 5.74) is 29.1. The molecule has 0 unspecified atom stereocenters. The molecule has 386 valence electrons. The van der Waals surface area contributed by atoms with Crippen molar-refractivity contribution in [3.05, 3.63) is 310 Å². The van der Waals surface area contributed by atoms with Crippen LogP contribution in [-0.2, 0) is 10.8 Å². The lowest BCUT2D eigenvalue weighted by molar-refractivity contribution is 0.660. The zero-order valence-corrected chi connectivity index (χ0v) is 46.5. The molecule has 0 fully saturated rings. The molecular weight excluding hydrogens is 965 g/mol. The molecule has 2 heteroatoms. The van der Waals surface area contributed by atoms with E-state index < -0.39 is 0 Å². The van der Waals surface area contributed by atoms with Crippen LogP contribution in [0, 0.1) is 13.8 Å². The van der Waals surface area contributed by atoms with Gasteiger partial charge in [0.15, 0.2) is 0 Å². The maximum Gasteiger partial charge on any atom is 0.0467 e. The smallest absolute Gasteiger partial charge is 0.0467 e. The van der Waals surface area contributed by atoms with Crippen LogP contribution in [0.1, 0.15) is 83.3 Å². The van der Waals surface area contributed by atoms with Gasteiger partial charge in [0.1, 0.15) is 0 Å². The lowest BCUT2D eigenvalue weighted by atomic mass is 9.81. The van der Waals surface area contributed by atoms with E-state index in [1.807, 2.05) is 0 Å². The monoisotopic (exact) mass is 1030 g/mol. The predicted molar refractivity (Wildman–Crippen MR) is 342 cm³/mol. The number of aryl methyl sites for hydroxylation is 2. The highest BCUT2D eigenvalue weighted by Crippen LogP contribution is 2.53. The van der Waals surface area contributed by atoms with Crippen LogP contribution in [0.4, 0.5) is 34.1 Å². The standard InChI is InChI=1S/C78H64N2/c1-53-17-13-25-63(45-53)79(65-27-15-23-61(49-65)59-19-9-7-10-20-59)67-39-43-71-69-41-37-57(47-73(69)77(3,4)75(71)51-67)35-33-55-29-31-56(32-30-55)34-36-58-38-42-70-72-44-40-68(52-76(72)78(5,6)74(70)48-58)80(64-26-14-18-54(2)46-64)66-28-16-24-62(50-66)60-21-11-8-12-22-60/h7-52H,1-6H3/b35-33+,36-34+. The first kappa shape index (κ1) is 50.0. The average molecular weight is 1030 g/mol. The van der Waals surface area contributed by atoms with Gasteiger partial charge in [-0.25, -0.2) is 0 Å². The Morgan fingerprint density at radius 2 is 0.550 bits per heavy atom. The normalized spacial score (nSPS) is 13.5. The maximum atomic E-state index is 2.42. The molecule has 0 aliphatic heterocycles. The molecule has 2 aliphatic carbocycles. The van der Waals surface area contributed by atoms with Gasteiger partial charge < -0.3 is 9.80 Å². The van der Waals surface area contributed by atoms with Crippen molar-refractivity contribution in [2.24, 2.45) is 0 Å². The lowest BCUT2D eigenvalue weighted by Crippen LogP contribution is -2.16. The van der Waals surface area contributed by atoms with Gasteiger partial charge in [0.2, 0.25) is 0 Å². The van der Waals surface area contributed by atoms with E-state index in [0.29, 0.717) is 0 Å².